The molecule has 0 spiro atoms. The molecular formula is C17H17F2NO4. The molecule has 1 aromatic carbocycles. The Balaban J connectivity index is 2.40. The Hall–Kier alpha value is -2.44. The molecule has 1 aliphatic rings. The summed E-state index contributed by atoms with van der Waals surface area (Å²) in [5, 5.41) is -0.0281. The molecule has 2 atom stereocenters. The summed E-state index contributed by atoms with van der Waals surface area (Å²) in [6.07, 6.45) is 0.466. The lowest BCUT2D eigenvalue weighted by atomic mass is 10.1. The Bertz CT molecular complexity index is 891. The maximum absolute atomic E-state index is 14.2. The summed E-state index contributed by atoms with van der Waals surface area (Å²) in [4.78, 5) is 24.7. The predicted molar refractivity (Wildman–Crippen MR) is 84.0 cm³/mol. The van der Waals surface area contributed by atoms with Gasteiger partial charge in [-0.25, -0.2) is 13.6 Å². The molecule has 0 radical (unpaired) electrons. The average Bonchev–Trinajstić information content (AvgIpc) is 3.26. The van der Waals surface area contributed by atoms with E-state index >= 15 is 0 Å². The third-order valence-corrected chi connectivity index (χ3v) is 4.19. The van der Waals surface area contributed by atoms with Crippen LogP contribution in [-0.2, 0) is 4.74 Å². The molecule has 7 heteroatoms. The van der Waals surface area contributed by atoms with E-state index < -0.39 is 29.4 Å². The number of fused-ring (bicyclic) bond motifs is 1. The maximum atomic E-state index is 14.2. The Morgan fingerprint density at radius 3 is 2.67 bits per heavy atom. The van der Waals surface area contributed by atoms with Crippen molar-refractivity contribution in [2.75, 3.05) is 13.7 Å². The second-order valence-corrected chi connectivity index (χ2v) is 5.73. The zero-order chi connectivity index (χ0) is 17.6. The smallest absolute Gasteiger partial charge is 0.343 e. The van der Waals surface area contributed by atoms with Gasteiger partial charge in [-0.2, -0.15) is 0 Å². The van der Waals surface area contributed by atoms with E-state index in [0.717, 1.165) is 6.07 Å². The lowest BCUT2D eigenvalue weighted by molar-refractivity contribution is 0.0524. The van der Waals surface area contributed by atoms with Crippen molar-refractivity contribution in [2.45, 2.75) is 32.5 Å². The van der Waals surface area contributed by atoms with Gasteiger partial charge in [0.2, 0.25) is 5.43 Å². The van der Waals surface area contributed by atoms with Crippen LogP contribution in [0.1, 0.15) is 35.3 Å². The highest BCUT2D eigenvalue weighted by Gasteiger charge is 2.41. The molecule has 0 saturated heterocycles. The van der Waals surface area contributed by atoms with Gasteiger partial charge in [0.15, 0.2) is 0 Å². The standard InChI is InChI=1S/C17H17F2NO4/c1-4-24-17(22)10-7-20(13-6-12(13)19)14-9(15(10)21)5-11(18)8(2)16(14)23-3/h5,7,12-13H,4,6H2,1-3H3/t12-,13+/m0/s1. The van der Waals surface area contributed by atoms with Gasteiger partial charge in [-0.1, -0.05) is 0 Å². The van der Waals surface area contributed by atoms with E-state index in [0.29, 0.717) is 5.52 Å². The van der Waals surface area contributed by atoms with Crippen molar-refractivity contribution in [3.8, 4) is 5.75 Å². The van der Waals surface area contributed by atoms with E-state index in [1.165, 1.54) is 24.8 Å². The quantitative estimate of drug-likeness (QED) is 0.805. The monoisotopic (exact) mass is 337 g/mol. The van der Waals surface area contributed by atoms with E-state index in [2.05, 4.69) is 0 Å². The molecule has 0 unspecified atom stereocenters. The topological polar surface area (TPSA) is 57.5 Å². The molecule has 0 N–H and O–H groups in total. The third kappa shape index (κ3) is 2.44. The maximum Gasteiger partial charge on any atom is 0.343 e. The van der Waals surface area contributed by atoms with Crippen LogP contribution in [0.25, 0.3) is 10.9 Å². The van der Waals surface area contributed by atoms with Crippen LogP contribution in [0.15, 0.2) is 17.1 Å². The molecule has 24 heavy (non-hydrogen) atoms. The van der Waals surface area contributed by atoms with Crippen molar-refractivity contribution >= 4 is 16.9 Å². The highest BCUT2D eigenvalue weighted by atomic mass is 19.1. The zero-order valence-electron chi connectivity index (χ0n) is 13.6. The third-order valence-electron chi connectivity index (χ3n) is 4.19. The van der Waals surface area contributed by atoms with Gasteiger partial charge in [-0.15, -0.1) is 0 Å². The minimum Gasteiger partial charge on any atom is -0.494 e. The van der Waals surface area contributed by atoms with E-state index in [-0.39, 0.29) is 35.3 Å². The zero-order valence-corrected chi connectivity index (χ0v) is 13.6. The molecule has 0 aliphatic heterocycles. The summed E-state index contributed by atoms with van der Waals surface area (Å²) < 4.78 is 39.4. The molecule has 5 nitrogen and oxygen atoms in total. The van der Waals surface area contributed by atoms with Crippen LogP contribution in [0.4, 0.5) is 8.78 Å². The second-order valence-electron chi connectivity index (χ2n) is 5.73. The number of hydrogen-bond donors (Lipinski definition) is 0. The van der Waals surface area contributed by atoms with Crippen LogP contribution in [0.2, 0.25) is 0 Å². The van der Waals surface area contributed by atoms with Crippen LogP contribution < -0.4 is 10.2 Å². The van der Waals surface area contributed by atoms with Gasteiger partial charge >= 0.3 is 5.97 Å². The molecule has 1 saturated carbocycles. The molecule has 2 aromatic rings. The van der Waals surface area contributed by atoms with Crippen molar-refractivity contribution in [3.05, 3.63) is 39.4 Å². The molecule has 1 heterocycles. The number of rotatable bonds is 4. The largest absolute Gasteiger partial charge is 0.494 e. The Labute approximate surface area is 136 Å². The molecule has 1 aromatic heterocycles. The normalized spacial score (nSPS) is 19.4. The van der Waals surface area contributed by atoms with Gasteiger partial charge in [0.25, 0.3) is 0 Å². The van der Waals surface area contributed by atoms with Crippen LogP contribution in [-0.4, -0.2) is 30.4 Å². The molecular weight excluding hydrogens is 320 g/mol. The number of pyridine rings is 1. The summed E-state index contributed by atoms with van der Waals surface area (Å²) in [5.41, 5.74) is -0.389. The number of nitrogens with zero attached hydrogens (tertiary/aromatic N) is 1. The summed E-state index contributed by atoms with van der Waals surface area (Å²) in [7, 11) is 1.36. The molecule has 3 rings (SSSR count). The van der Waals surface area contributed by atoms with Gasteiger partial charge in [0.1, 0.15) is 23.3 Å². The van der Waals surface area contributed by atoms with Crippen molar-refractivity contribution in [1.29, 1.82) is 0 Å². The summed E-state index contributed by atoms with van der Waals surface area (Å²) in [6, 6.07) is 0.546. The van der Waals surface area contributed by atoms with E-state index in [9.17, 15) is 18.4 Å². The summed E-state index contributed by atoms with van der Waals surface area (Å²) in [6.45, 7) is 3.22. The number of aromatic nitrogens is 1. The Morgan fingerprint density at radius 2 is 2.12 bits per heavy atom. The first-order chi connectivity index (χ1) is 11.4. The van der Waals surface area contributed by atoms with Crippen molar-refractivity contribution in [2.24, 2.45) is 0 Å². The number of halogens is 2. The van der Waals surface area contributed by atoms with Gasteiger partial charge in [0, 0.05) is 18.2 Å². The molecule has 0 amide bonds. The Morgan fingerprint density at radius 1 is 1.46 bits per heavy atom. The molecule has 128 valence electrons. The van der Waals surface area contributed by atoms with Crippen LogP contribution in [0, 0.1) is 12.7 Å². The fraction of sp³-hybridized carbons (Fsp3) is 0.412. The van der Waals surface area contributed by atoms with Crippen LogP contribution in [0.5, 0.6) is 5.75 Å². The van der Waals surface area contributed by atoms with E-state index in [1.807, 2.05) is 0 Å². The molecule has 1 fully saturated rings. The number of benzene rings is 1. The van der Waals surface area contributed by atoms with Gasteiger partial charge in [-0.3, -0.25) is 4.79 Å². The number of alkyl halides is 1. The SMILES string of the molecule is CCOC(=O)c1cn([C@@H]2C[C@@H]2F)c2c(OC)c(C)c(F)cc2c1=O. The summed E-state index contributed by atoms with van der Waals surface area (Å²) in [5.74, 6) is -1.28. The number of methoxy groups -OCH3 is 1. The first kappa shape index (κ1) is 16.4. The first-order valence-corrected chi connectivity index (χ1v) is 7.63. The first-order valence-electron chi connectivity index (χ1n) is 7.63. The summed E-state index contributed by atoms with van der Waals surface area (Å²) >= 11 is 0. The average molecular weight is 337 g/mol. The highest BCUT2D eigenvalue weighted by Crippen LogP contribution is 2.43. The molecule has 1 aliphatic carbocycles. The van der Waals surface area contributed by atoms with Crippen molar-refractivity contribution in [3.63, 3.8) is 0 Å². The number of esters is 1. The van der Waals surface area contributed by atoms with Gasteiger partial charge < -0.3 is 14.0 Å². The lowest BCUT2D eigenvalue weighted by Gasteiger charge is -2.17. The number of carbonyl (C=O) groups is 1. The Kier molecular flexibility index (Phi) is 4.03. The number of carbonyl (C=O) groups excluding carboxylic acids is 1. The van der Waals surface area contributed by atoms with Crippen molar-refractivity contribution < 1.29 is 23.0 Å². The van der Waals surface area contributed by atoms with Gasteiger partial charge in [0.05, 0.1) is 30.7 Å². The minimum absolute atomic E-state index is 0.0281. The lowest BCUT2D eigenvalue weighted by Crippen LogP contribution is -2.21. The minimum atomic E-state index is -1.08. The second kappa shape index (κ2) is 5.89. The van der Waals surface area contributed by atoms with Crippen LogP contribution in [0.3, 0.4) is 0 Å². The van der Waals surface area contributed by atoms with Gasteiger partial charge in [-0.05, 0) is 19.9 Å². The van der Waals surface area contributed by atoms with Crippen molar-refractivity contribution in [1.82, 2.24) is 4.57 Å². The molecule has 0 bridgehead atoms. The fourth-order valence-electron chi connectivity index (χ4n) is 2.85. The fourth-order valence-corrected chi connectivity index (χ4v) is 2.85. The highest BCUT2D eigenvalue weighted by molar-refractivity contribution is 5.96. The number of hydrogen-bond acceptors (Lipinski definition) is 4. The van der Waals surface area contributed by atoms with Crippen LogP contribution >= 0.6 is 0 Å². The predicted octanol–water partition coefficient (Wildman–Crippen LogP) is 2.92. The van der Waals surface area contributed by atoms with E-state index in [4.69, 9.17) is 9.47 Å². The number of ether oxygens (including phenoxy) is 2. The van der Waals surface area contributed by atoms with E-state index in [1.54, 1.807) is 6.92 Å².